The number of carbonyl (C=O) groups excluding carboxylic acids is 2. The molecule has 0 saturated carbocycles. The number of quaternary nitrogens is 1. The summed E-state index contributed by atoms with van der Waals surface area (Å²) in [6, 6.07) is 0. The number of allylic oxidation sites excluding steroid dienone is 12. The predicted molar refractivity (Wildman–Crippen MR) is 383 cm³/mol. The fourth-order valence-electron chi connectivity index (χ4n) is 11.2. The van der Waals surface area contributed by atoms with E-state index in [-0.39, 0.29) is 38.2 Å². The van der Waals surface area contributed by atoms with Gasteiger partial charge in [0.1, 0.15) is 13.2 Å². The molecule has 0 aromatic heterocycles. The smallest absolute Gasteiger partial charge is 0.361 e. The van der Waals surface area contributed by atoms with Crippen LogP contribution in [0.1, 0.15) is 361 Å². The van der Waals surface area contributed by atoms with Crippen molar-refractivity contribution in [1.82, 2.24) is 0 Å². The van der Waals surface area contributed by atoms with E-state index in [1.807, 2.05) is 21.1 Å². The normalized spacial score (nSPS) is 13.0. The Morgan fingerprint density at radius 3 is 0.966 bits per heavy atom. The minimum absolute atomic E-state index is 0.178. The van der Waals surface area contributed by atoms with Crippen molar-refractivity contribution in [3.63, 3.8) is 0 Å². The summed E-state index contributed by atoms with van der Waals surface area (Å²) in [4.78, 5) is 37.7. The summed E-state index contributed by atoms with van der Waals surface area (Å²) in [6.45, 7) is 4.82. The Labute approximate surface area is 551 Å². The fourth-order valence-corrected chi connectivity index (χ4v) is 11.2. The molecule has 0 saturated heterocycles. The van der Waals surface area contributed by atoms with E-state index >= 15 is 0 Å². The number of carboxylic acids is 1. The lowest BCUT2D eigenvalue weighted by Crippen LogP contribution is -2.40. The highest BCUT2D eigenvalue weighted by molar-refractivity contribution is 5.71. The lowest BCUT2D eigenvalue weighted by molar-refractivity contribution is -0.870. The van der Waals surface area contributed by atoms with E-state index in [0.29, 0.717) is 17.4 Å². The summed E-state index contributed by atoms with van der Waals surface area (Å²) in [6.07, 6.45) is 91.8. The zero-order chi connectivity index (χ0) is 64.7. The monoisotopic (exact) mass is 1250 g/mol. The standard InChI is InChI=1S/C80H145NO8/c1-6-8-10-12-14-16-18-20-22-24-26-28-30-32-34-36-37-38-39-40-41-43-45-47-49-51-53-55-57-59-61-63-65-67-69-71-78(83)89-76(75-88-80(79(84)85)86-73-72-81(3,4)5)74-87-77(82)70-68-66-64-62-60-58-56-54-52-50-48-46-44-42-35-33-31-29-27-25-23-21-19-17-15-13-11-9-7-2/h8,10,14,16,20,22,25-28,32,34,76,80H,6-7,9,11-13,15,17-19,21,23-24,29-31,33,35-75H2,1-5H3/p+1/b10-8-,16-14-,22-20-,27-25-,28-26-,34-32-. The van der Waals surface area contributed by atoms with Gasteiger partial charge < -0.3 is 28.5 Å². The van der Waals surface area contributed by atoms with Gasteiger partial charge >= 0.3 is 17.9 Å². The van der Waals surface area contributed by atoms with Crippen LogP contribution in [0, 0.1) is 0 Å². The van der Waals surface area contributed by atoms with E-state index in [9.17, 15) is 19.5 Å². The van der Waals surface area contributed by atoms with Crippen LogP contribution in [-0.4, -0.2) is 87.4 Å². The first-order valence-corrected chi connectivity index (χ1v) is 38.1. The van der Waals surface area contributed by atoms with Crippen LogP contribution in [0.5, 0.6) is 0 Å². The fraction of sp³-hybridized carbons (Fsp3) is 0.812. The van der Waals surface area contributed by atoms with Crippen molar-refractivity contribution in [3.8, 4) is 0 Å². The van der Waals surface area contributed by atoms with Crippen molar-refractivity contribution in [2.45, 2.75) is 373 Å². The molecule has 2 unspecified atom stereocenters. The number of carbonyl (C=O) groups is 3. The molecule has 9 nitrogen and oxygen atoms in total. The number of likely N-dealkylation sites (N-methyl/N-ethyl adjacent to an activating group) is 1. The van der Waals surface area contributed by atoms with Gasteiger partial charge in [-0.1, -0.05) is 337 Å². The third-order valence-corrected chi connectivity index (χ3v) is 16.9. The van der Waals surface area contributed by atoms with Crippen LogP contribution in [0.2, 0.25) is 0 Å². The maximum absolute atomic E-state index is 13.0. The molecule has 0 spiro atoms. The molecule has 1 N–H and O–H groups in total. The van der Waals surface area contributed by atoms with Crippen molar-refractivity contribution >= 4 is 17.9 Å². The van der Waals surface area contributed by atoms with Gasteiger partial charge in [0, 0.05) is 12.8 Å². The topological polar surface area (TPSA) is 108 Å². The molecule has 0 aliphatic carbocycles. The van der Waals surface area contributed by atoms with Crippen molar-refractivity contribution in [2.75, 3.05) is 47.5 Å². The van der Waals surface area contributed by atoms with Gasteiger partial charge in [-0.2, -0.15) is 0 Å². The minimum atomic E-state index is -1.51. The summed E-state index contributed by atoms with van der Waals surface area (Å²) in [5.74, 6) is -1.98. The van der Waals surface area contributed by atoms with Crippen LogP contribution < -0.4 is 0 Å². The summed E-state index contributed by atoms with van der Waals surface area (Å²) in [5.41, 5.74) is 0. The molecule has 0 heterocycles. The van der Waals surface area contributed by atoms with Gasteiger partial charge in [0.15, 0.2) is 6.10 Å². The molecule has 89 heavy (non-hydrogen) atoms. The number of unbranched alkanes of at least 4 members (excludes halogenated alkanes) is 44. The molecular weight excluding hydrogens is 1100 g/mol. The number of esters is 2. The van der Waals surface area contributed by atoms with Gasteiger partial charge in [-0.15, -0.1) is 0 Å². The lowest BCUT2D eigenvalue weighted by Gasteiger charge is -2.25. The van der Waals surface area contributed by atoms with Crippen LogP contribution in [0.3, 0.4) is 0 Å². The Balaban J connectivity index is 4.02. The highest BCUT2D eigenvalue weighted by Crippen LogP contribution is 2.19. The summed E-state index contributed by atoms with van der Waals surface area (Å²) < 4.78 is 23.0. The second-order valence-corrected chi connectivity index (χ2v) is 26.9. The van der Waals surface area contributed by atoms with Gasteiger partial charge in [0.25, 0.3) is 6.29 Å². The van der Waals surface area contributed by atoms with Gasteiger partial charge in [-0.25, -0.2) is 4.79 Å². The highest BCUT2D eigenvalue weighted by atomic mass is 16.7. The molecule has 0 rings (SSSR count). The lowest BCUT2D eigenvalue weighted by atomic mass is 10.0. The van der Waals surface area contributed by atoms with Crippen LogP contribution in [0.4, 0.5) is 0 Å². The minimum Gasteiger partial charge on any atom is -0.477 e. The zero-order valence-corrected chi connectivity index (χ0v) is 59.3. The quantitative estimate of drug-likeness (QED) is 0.0211. The van der Waals surface area contributed by atoms with Gasteiger partial charge in [-0.3, -0.25) is 9.59 Å². The average Bonchev–Trinajstić information content (AvgIpc) is 3.64. The van der Waals surface area contributed by atoms with Gasteiger partial charge in [0.05, 0.1) is 34.4 Å². The first-order valence-electron chi connectivity index (χ1n) is 38.1. The molecular formula is C80H146NO8+. The summed E-state index contributed by atoms with van der Waals surface area (Å²) >= 11 is 0. The van der Waals surface area contributed by atoms with Crippen LogP contribution in [-0.2, 0) is 33.3 Å². The van der Waals surface area contributed by atoms with Crippen molar-refractivity contribution in [1.29, 1.82) is 0 Å². The van der Waals surface area contributed by atoms with E-state index in [1.54, 1.807) is 0 Å². The van der Waals surface area contributed by atoms with Crippen molar-refractivity contribution < 1.29 is 42.9 Å². The highest BCUT2D eigenvalue weighted by Gasteiger charge is 2.25. The number of hydrogen-bond acceptors (Lipinski definition) is 7. The molecule has 9 heteroatoms. The second-order valence-electron chi connectivity index (χ2n) is 26.9. The molecule has 0 aromatic carbocycles. The molecule has 0 aliphatic rings. The SMILES string of the molecule is CC/C=C\C/C=C\C/C=C\C/C=C\C/C=C\CCCCCCCCCCCCCCCCCCCCCC(=O)OC(COC(=O)CCCCCCCCCCCCCCCCCCC/C=C\CCCCCCCCCC)COC(OCC[N+](C)(C)C)C(=O)O. The zero-order valence-electron chi connectivity index (χ0n) is 59.3. The molecule has 0 fully saturated rings. The van der Waals surface area contributed by atoms with E-state index in [4.69, 9.17) is 18.9 Å². The number of ether oxygens (including phenoxy) is 4. The number of aliphatic carboxylic acids is 1. The molecule has 0 amide bonds. The van der Waals surface area contributed by atoms with Gasteiger partial charge in [0.2, 0.25) is 0 Å². The molecule has 2 atom stereocenters. The maximum Gasteiger partial charge on any atom is 0.361 e. The number of rotatable bonds is 71. The van der Waals surface area contributed by atoms with E-state index in [1.165, 1.54) is 263 Å². The Bertz CT molecular complexity index is 1690. The number of hydrogen-bond donors (Lipinski definition) is 1. The molecule has 0 aromatic rings. The second kappa shape index (κ2) is 70.6. The van der Waals surface area contributed by atoms with E-state index in [2.05, 4.69) is 86.8 Å². The number of carboxylic acid groups (broad SMARTS) is 1. The van der Waals surface area contributed by atoms with E-state index in [0.717, 1.165) is 70.6 Å². The number of nitrogens with zero attached hydrogens (tertiary/aromatic N) is 1. The molecule has 0 aliphatic heterocycles. The summed E-state index contributed by atoms with van der Waals surface area (Å²) in [7, 11) is 5.99. The van der Waals surface area contributed by atoms with Crippen LogP contribution in [0.15, 0.2) is 72.9 Å². The summed E-state index contributed by atoms with van der Waals surface area (Å²) in [5, 5.41) is 9.76. The van der Waals surface area contributed by atoms with Gasteiger partial charge in [-0.05, 0) is 83.5 Å². The third kappa shape index (κ3) is 72.0. The van der Waals surface area contributed by atoms with Crippen LogP contribution in [0.25, 0.3) is 0 Å². The maximum atomic E-state index is 13.0. The Morgan fingerprint density at radius 1 is 0.348 bits per heavy atom. The Morgan fingerprint density at radius 2 is 0.640 bits per heavy atom. The Hall–Kier alpha value is -3.27. The molecule has 0 bridgehead atoms. The first-order chi connectivity index (χ1) is 43.6. The van der Waals surface area contributed by atoms with E-state index < -0.39 is 18.4 Å². The Kier molecular flexibility index (Phi) is 68.0. The average molecular weight is 1250 g/mol. The van der Waals surface area contributed by atoms with Crippen molar-refractivity contribution in [3.05, 3.63) is 72.9 Å². The molecule has 0 radical (unpaired) electrons. The predicted octanol–water partition coefficient (Wildman–Crippen LogP) is 24.0. The largest absolute Gasteiger partial charge is 0.477 e. The molecule has 518 valence electrons. The van der Waals surface area contributed by atoms with Crippen molar-refractivity contribution in [2.24, 2.45) is 0 Å². The first kappa shape index (κ1) is 85.7. The van der Waals surface area contributed by atoms with Crippen LogP contribution >= 0.6 is 0 Å². The third-order valence-electron chi connectivity index (χ3n) is 16.9.